The van der Waals surface area contributed by atoms with E-state index >= 15 is 0 Å². The molecule has 0 aliphatic rings. The Labute approximate surface area is 223 Å². The zero-order valence-electron chi connectivity index (χ0n) is 20.7. The van der Waals surface area contributed by atoms with Crippen molar-refractivity contribution < 1.29 is 9.90 Å². The first-order valence-electron chi connectivity index (χ1n) is 11.8. The molecule has 0 saturated carbocycles. The number of carbonyl (C=O) groups is 1. The summed E-state index contributed by atoms with van der Waals surface area (Å²) in [5, 5.41) is 30.5. The minimum Gasteiger partial charge on any atom is -0.386 e. The van der Waals surface area contributed by atoms with Crippen LogP contribution in [0, 0.1) is 11.3 Å². The lowest BCUT2D eigenvalue weighted by Crippen LogP contribution is -2.23. The highest BCUT2D eigenvalue weighted by atomic mass is 35.5. The third-order valence-corrected chi connectivity index (χ3v) is 6.44. The van der Waals surface area contributed by atoms with Crippen LogP contribution in [0.4, 0.5) is 5.82 Å². The molecule has 0 atom stereocenters. The zero-order chi connectivity index (χ0) is 27.0. The molecular weight excluding hydrogens is 502 g/mol. The van der Waals surface area contributed by atoms with Crippen molar-refractivity contribution in [1.82, 2.24) is 25.1 Å². The van der Waals surface area contributed by atoms with Crippen LogP contribution in [0.1, 0.15) is 46.6 Å². The molecule has 3 heterocycles. The monoisotopic (exact) mass is 525 g/mol. The second-order valence-corrected chi connectivity index (χ2v) is 10.00. The zero-order valence-corrected chi connectivity index (χ0v) is 21.5. The van der Waals surface area contributed by atoms with Gasteiger partial charge in [0.15, 0.2) is 5.69 Å². The number of fused-ring (bicyclic) bond motifs is 2. The number of nitrogens with two attached hydrogens (primary N) is 1. The van der Waals surface area contributed by atoms with Gasteiger partial charge in [-0.1, -0.05) is 23.7 Å². The molecule has 0 aliphatic heterocycles. The molecule has 2 aromatic carbocycles. The van der Waals surface area contributed by atoms with Gasteiger partial charge >= 0.3 is 0 Å². The first-order chi connectivity index (χ1) is 18.1. The summed E-state index contributed by atoms with van der Waals surface area (Å²) in [4.78, 5) is 21.5. The van der Waals surface area contributed by atoms with Crippen LogP contribution in [0.25, 0.3) is 21.7 Å². The number of hydrogen-bond donors (Lipinski definition) is 3. The Hall–Kier alpha value is -4.52. The van der Waals surface area contributed by atoms with E-state index in [1.54, 1.807) is 38.5 Å². The Kier molecular flexibility index (Phi) is 6.45. The normalized spacial score (nSPS) is 11.6. The number of amides is 1. The molecule has 190 valence electrons. The number of nitrogens with zero attached hydrogens (tertiary/aromatic N) is 5. The number of pyridine rings is 2. The topological polar surface area (TPSA) is 143 Å². The van der Waals surface area contributed by atoms with Crippen molar-refractivity contribution >= 4 is 45.0 Å². The highest BCUT2D eigenvalue weighted by Gasteiger charge is 2.22. The third kappa shape index (κ3) is 5.00. The second kappa shape index (κ2) is 9.74. The standard InChI is InChI=1S/C28H24ClN7O2/c1-28(2,38)23-9-17(8-19-10-20(29)13-33-25(19)23)14-36-15-22(24(11-30)35-36)27(37)34-12-16-3-4-21-18(7-16)5-6-32-26(21)31/h3-10,13,15,38H,12,14H2,1-2H3,(H2,31,32)(H,34,37). The average Bonchev–Trinajstić information content (AvgIpc) is 3.29. The molecular formula is C28H24ClN7O2. The Morgan fingerprint density at radius 3 is 2.71 bits per heavy atom. The fraction of sp³-hybridized carbons (Fsp3) is 0.179. The van der Waals surface area contributed by atoms with Crippen LogP contribution in [0.2, 0.25) is 5.02 Å². The summed E-state index contributed by atoms with van der Waals surface area (Å²) in [5.41, 5.74) is 7.94. The molecule has 0 saturated heterocycles. The maximum atomic E-state index is 13.0. The van der Waals surface area contributed by atoms with Crippen LogP contribution >= 0.6 is 11.6 Å². The van der Waals surface area contributed by atoms with Gasteiger partial charge in [-0.25, -0.2) is 4.98 Å². The largest absolute Gasteiger partial charge is 0.386 e. The predicted octanol–water partition coefficient (Wildman–Crippen LogP) is 4.29. The van der Waals surface area contributed by atoms with Crippen molar-refractivity contribution in [3.63, 3.8) is 0 Å². The summed E-state index contributed by atoms with van der Waals surface area (Å²) in [5.74, 6) is 0.0402. The first kappa shape index (κ1) is 25.1. The summed E-state index contributed by atoms with van der Waals surface area (Å²) >= 11 is 6.15. The Morgan fingerprint density at radius 1 is 1.16 bits per heavy atom. The average molecular weight is 526 g/mol. The fourth-order valence-corrected chi connectivity index (χ4v) is 4.59. The minimum absolute atomic E-state index is 0.0214. The van der Waals surface area contributed by atoms with E-state index in [-0.39, 0.29) is 24.3 Å². The number of aliphatic hydroxyl groups is 1. The molecule has 0 unspecified atom stereocenters. The van der Waals surface area contributed by atoms with Crippen molar-refractivity contribution in [2.75, 3.05) is 5.73 Å². The Morgan fingerprint density at radius 2 is 1.95 bits per heavy atom. The number of hydrogen-bond acceptors (Lipinski definition) is 7. The summed E-state index contributed by atoms with van der Waals surface area (Å²) in [6, 6.07) is 15.1. The second-order valence-electron chi connectivity index (χ2n) is 9.56. The smallest absolute Gasteiger partial charge is 0.256 e. The van der Waals surface area contributed by atoms with Crippen molar-refractivity contribution in [3.05, 3.63) is 94.0 Å². The lowest BCUT2D eigenvalue weighted by Gasteiger charge is -2.21. The number of benzene rings is 2. The van der Waals surface area contributed by atoms with E-state index in [9.17, 15) is 15.2 Å². The highest BCUT2D eigenvalue weighted by Crippen LogP contribution is 2.30. The number of nitriles is 1. The predicted molar refractivity (Wildman–Crippen MR) is 145 cm³/mol. The van der Waals surface area contributed by atoms with Crippen LogP contribution in [-0.4, -0.2) is 30.8 Å². The molecule has 3 aromatic heterocycles. The number of rotatable bonds is 6. The number of carbonyl (C=O) groups excluding carboxylic acids is 1. The van der Waals surface area contributed by atoms with Gasteiger partial charge in [0.2, 0.25) is 0 Å². The molecule has 0 spiro atoms. The van der Waals surface area contributed by atoms with Gasteiger partial charge in [0.05, 0.1) is 28.2 Å². The summed E-state index contributed by atoms with van der Waals surface area (Å²) < 4.78 is 1.53. The van der Waals surface area contributed by atoms with Crippen LogP contribution < -0.4 is 11.1 Å². The number of nitrogens with one attached hydrogen (secondary N) is 1. The van der Waals surface area contributed by atoms with Gasteiger partial charge in [0, 0.05) is 41.5 Å². The molecule has 0 radical (unpaired) electrons. The first-order valence-corrected chi connectivity index (χ1v) is 12.2. The highest BCUT2D eigenvalue weighted by molar-refractivity contribution is 6.31. The van der Waals surface area contributed by atoms with Gasteiger partial charge in [-0.15, -0.1) is 0 Å². The number of aromatic nitrogens is 4. The molecule has 0 fully saturated rings. The maximum Gasteiger partial charge on any atom is 0.256 e. The quantitative estimate of drug-likeness (QED) is 0.300. The van der Waals surface area contributed by atoms with Gasteiger partial charge in [0.25, 0.3) is 5.91 Å². The molecule has 5 rings (SSSR count). The van der Waals surface area contributed by atoms with Crippen molar-refractivity contribution in [3.8, 4) is 6.07 Å². The van der Waals surface area contributed by atoms with Crippen LogP contribution in [0.15, 0.2) is 61.1 Å². The van der Waals surface area contributed by atoms with E-state index < -0.39 is 11.5 Å². The van der Waals surface area contributed by atoms with Gasteiger partial charge in [-0.3, -0.25) is 14.5 Å². The lowest BCUT2D eigenvalue weighted by atomic mass is 9.93. The lowest BCUT2D eigenvalue weighted by molar-refractivity contribution is 0.0799. The summed E-state index contributed by atoms with van der Waals surface area (Å²) in [7, 11) is 0. The molecule has 38 heavy (non-hydrogen) atoms. The van der Waals surface area contributed by atoms with Crippen molar-refractivity contribution in [2.45, 2.75) is 32.5 Å². The van der Waals surface area contributed by atoms with Gasteiger partial charge < -0.3 is 16.2 Å². The van der Waals surface area contributed by atoms with Gasteiger partial charge in [-0.2, -0.15) is 10.4 Å². The molecule has 1 amide bonds. The summed E-state index contributed by atoms with van der Waals surface area (Å²) in [6.07, 6.45) is 4.73. The van der Waals surface area contributed by atoms with E-state index in [0.717, 1.165) is 27.3 Å². The van der Waals surface area contributed by atoms with E-state index in [4.69, 9.17) is 17.3 Å². The summed E-state index contributed by atoms with van der Waals surface area (Å²) in [6.45, 7) is 3.91. The maximum absolute atomic E-state index is 13.0. The van der Waals surface area contributed by atoms with E-state index in [1.165, 1.54) is 4.68 Å². The number of anilines is 1. The van der Waals surface area contributed by atoms with Crippen LogP contribution in [0.3, 0.4) is 0 Å². The van der Waals surface area contributed by atoms with Crippen LogP contribution in [0.5, 0.6) is 0 Å². The van der Waals surface area contributed by atoms with Crippen molar-refractivity contribution in [1.29, 1.82) is 5.26 Å². The fourth-order valence-electron chi connectivity index (χ4n) is 4.42. The van der Waals surface area contributed by atoms with Gasteiger partial charge in [0.1, 0.15) is 11.9 Å². The van der Waals surface area contributed by atoms with Crippen LogP contribution in [-0.2, 0) is 18.7 Å². The minimum atomic E-state index is -1.15. The van der Waals surface area contributed by atoms with Crippen molar-refractivity contribution in [2.24, 2.45) is 0 Å². The Bertz CT molecular complexity index is 1750. The van der Waals surface area contributed by atoms with E-state index in [1.807, 2.05) is 42.5 Å². The SMILES string of the molecule is CC(C)(O)c1cc(Cn2cc(C(=O)NCc3ccc4c(N)nccc4c3)c(C#N)n2)cc2cc(Cl)cnc12. The molecule has 9 nitrogen and oxygen atoms in total. The number of nitrogen functional groups attached to an aromatic ring is 1. The van der Waals surface area contributed by atoms with E-state index in [0.29, 0.717) is 21.9 Å². The van der Waals surface area contributed by atoms with E-state index in [2.05, 4.69) is 20.4 Å². The Balaban J connectivity index is 1.39. The molecule has 0 bridgehead atoms. The number of halogens is 1. The van der Waals surface area contributed by atoms with Gasteiger partial charge in [-0.05, 0) is 60.7 Å². The molecule has 10 heteroatoms. The molecule has 4 N–H and O–H groups in total. The molecule has 5 aromatic rings. The molecule has 0 aliphatic carbocycles. The third-order valence-electron chi connectivity index (χ3n) is 6.24.